The highest BCUT2D eigenvalue weighted by Gasteiger charge is 2.28. The van der Waals surface area contributed by atoms with Gasteiger partial charge >= 0.3 is 0 Å². The molecule has 2 aromatic rings. The molecule has 1 aromatic carbocycles. The zero-order valence-corrected chi connectivity index (χ0v) is 11.9. The van der Waals surface area contributed by atoms with E-state index in [9.17, 15) is 4.39 Å². The molecule has 1 aliphatic carbocycles. The van der Waals surface area contributed by atoms with Crippen LogP contribution in [0.4, 0.5) is 4.39 Å². The minimum Gasteiger partial charge on any atom is -0.395 e. The van der Waals surface area contributed by atoms with Gasteiger partial charge in [0.05, 0.1) is 6.61 Å². The molecule has 0 radical (unpaired) electrons. The molecule has 1 aromatic heterocycles. The van der Waals surface area contributed by atoms with Crippen molar-refractivity contribution in [3.8, 4) is 11.1 Å². The number of benzene rings is 1. The van der Waals surface area contributed by atoms with Crippen molar-refractivity contribution in [3.05, 3.63) is 54.1 Å². The number of aromatic nitrogens is 1. The Balaban J connectivity index is 1.78. The lowest BCUT2D eigenvalue weighted by Crippen LogP contribution is -2.29. The summed E-state index contributed by atoms with van der Waals surface area (Å²) in [5, 5.41) is 9.11. The van der Waals surface area contributed by atoms with Crippen molar-refractivity contribution in [2.45, 2.75) is 25.4 Å². The van der Waals surface area contributed by atoms with Gasteiger partial charge in [-0.2, -0.15) is 0 Å². The van der Waals surface area contributed by atoms with Gasteiger partial charge in [-0.25, -0.2) is 4.39 Å². The highest BCUT2D eigenvalue weighted by Crippen LogP contribution is 2.29. The molecule has 1 heterocycles. The Labute approximate surface area is 124 Å². The molecule has 0 bridgehead atoms. The van der Waals surface area contributed by atoms with Crippen LogP contribution in [0.2, 0.25) is 0 Å². The molecular weight excluding hydrogens is 267 g/mol. The number of aliphatic hydroxyl groups excluding tert-OH is 1. The number of nitrogens with zero attached hydrogens (tertiary/aromatic N) is 2. The molecule has 21 heavy (non-hydrogen) atoms. The number of pyridine rings is 1. The third kappa shape index (κ3) is 3.46. The summed E-state index contributed by atoms with van der Waals surface area (Å²) in [6, 6.07) is 9.62. The minimum atomic E-state index is -0.187. The van der Waals surface area contributed by atoms with E-state index in [-0.39, 0.29) is 12.4 Å². The maximum absolute atomic E-state index is 14.3. The molecule has 0 amide bonds. The van der Waals surface area contributed by atoms with Crippen molar-refractivity contribution in [2.24, 2.45) is 0 Å². The molecular formula is C17H19FN2O. The van der Waals surface area contributed by atoms with E-state index in [1.165, 1.54) is 0 Å². The average Bonchev–Trinajstić information content (AvgIpc) is 3.34. The van der Waals surface area contributed by atoms with Crippen LogP contribution in [0, 0.1) is 5.82 Å². The SMILES string of the molecule is OCCN(Cc1ccc(-c2ccncc2)cc1F)C1CC1. The van der Waals surface area contributed by atoms with E-state index in [1.807, 2.05) is 24.3 Å². The summed E-state index contributed by atoms with van der Waals surface area (Å²) in [5.74, 6) is -0.187. The maximum atomic E-state index is 14.3. The molecule has 1 fully saturated rings. The largest absolute Gasteiger partial charge is 0.395 e. The van der Waals surface area contributed by atoms with E-state index in [1.54, 1.807) is 18.5 Å². The fourth-order valence-electron chi connectivity index (χ4n) is 2.58. The van der Waals surface area contributed by atoms with E-state index in [2.05, 4.69) is 9.88 Å². The highest BCUT2D eigenvalue weighted by molar-refractivity contribution is 5.63. The maximum Gasteiger partial charge on any atom is 0.128 e. The van der Waals surface area contributed by atoms with Crippen LogP contribution in [0.15, 0.2) is 42.7 Å². The monoisotopic (exact) mass is 286 g/mol. The number of rotatable bonds is 6. The molecule has 4 heteroatoms. The van der Waals surface area contributed by atoms with Crippen LogP contribution in [-0.4, -0.2) is 34.2 Å². The van der Waals surface area contributed by atoms with Crippen molar-refractivity contribution in [1.82, 2.24) is 9.88 Å². The highest BCUT2D eigenvalue weighted by atomic mass is 19.1. The van der Waals surface area contributed by atoms with Gasteiger partial charge in [0.1, 0.15) is 5.82 Å². The summed E-state index contributed by atoms with van der Waals surface area (Å²) in [4.78, 5) is 6.13. The predicted octanol–water partition coefficient (Wildman–Crippen LogP) is 2.84. The lowest BCUT2D eigenvalue weighted by Gasteiger charge is -2.21. The van der Waals surface area contributed by atoms with Gasteiger partial charge < -0.3 is 5.11 Å². The second kappa shape index (κ2) is 6.33. The van der Waals surface area contributed by atoms with Crippen molar-refractivity contribution >= 4 is 0 Å². The van der Waals surface area contributed by atoms with Gasteiger partial charge in [0, 0.05) is 37.1 Å². The third-order valence-corrected chi connectivity index (χ3v) is 3.89. The Kier molecular flexibility index (Phi) is 4.27. The lowest BCUT2D eigenvalue weighted by molar-refractivity contribution is 0.182. The van der Waals surface area contributed by atoms with Crippen molar-refractivity contribution < 1.29 is 9.50 Å². The predicted molar refractivity (Wildman–Crippen MR) is 80.1 cm³/mol. The fourth-order valence-corrected chi connectivity index (χ4v) is 2.58. The molecule has 1 N–H and O–H groups in total. The van der Waals surface area contributed by atoms with E-state index in [0.717, 1.165) is 24.0 Å². The molecule has 3 nitrogen and oxygen atoms in total. The smallest absolute Gasteiger partial charge is 0.128 e. The number of halogens is 1. The molecule has 0 aliphatic heterocycles. The summed E-state index contributed by atoms with van der Waals surface area (Å²) in [6.45, 7) is 1.29. The lowest BCUT2D eigenvalue weighted by atomic mass is 10.0. The molecule has 0 spiro atoms. The molecule has 0 atom stereocenters. The summed E-state index contributed by atoms with van der Waals surface area (Å²) >= 11 is 0. The van der Waals surface area contributed by atoms with Crippen molar-refractivity contribution in [3.63, 3.8) is 0 Å². The fraction of sp³-hybridized carbons (Fsp3) is 0.353. The van der Waals surface area contributed by atoms with Crippen LogP contribution in [-0.2, 0) is 6.54 Å². The first-order chi connectivity index (χ1) is 10.3. The standard InChI is InChI=1S/C17H19FN2O/c18-17-11-14(13-5-7-19-8-6-13)1-2-15(17)12-20(9-10-21)16-3-4-16/h1-2,5-8,11,16,21H,3-4,9-10,12H2. The Hall–Kier alpha value is -1.78. The van der Waals surface area contributed by atoms with Gasteiger partial charge in [-0.1, -0.05) is 12.1 Å². The van der Waals surface area contributed by atoms with Crippen LogP contribution in [0.1, 0.15) is 18.4 Å². The van der Waals surface area contributed by atoms with Gasteiger partial charge in [0.2, 0.25) is 0 Å². The first-order valence-corrected chi connectivity index (χ1v) is 7.31. The Morgan fingerprint density at radius 2 is 1.90 bits per heavy atom. The molecule has 1 aliphatic rings. The molecule has 0 saturated heterocycles. The number of aliphatic hydroxyl groups is 1. The molecule has 0 unspecified atom stereocenters. The zero-order chi connectivity index (χ0) is 14.7. The summed E-state index contributed by atoms with van der Waals surface area (Å²) in [6.07, 6.45) is 5.71. The van der Waals surface area contributed by atoms with Gasteiger partial charge in [0.25, 0.3) is 0 Å². The first-order valence-electron chi connectivity index (χ1n) is 7.31. The van der Waals surface area contributed by atoms with E-state index in [4.69, 9.17) is 5.11 Å². The van der Waals surface area contributed by atoms with Crippen LogP contribution in [0.25, 0.3) is 11.1 Å². The quantitative estimate of drug-likeness (QED) is 0.887. The van der Waals surface area contributed by atoms with Crippen LogP contribution in [0.5, 0.6) is 0 Å². The minimum absolute atomic E-state index is 0.118. The molecule has 1 saturated carbocycles. The molecule has 3 rings (SSSR count). The zero-order valence-electron chi connectivity index (χ0n) is 11.9. The van der Waals surface area contributed by atoms with Crippen molar-refractivity contribution in [2.75, 3.05) is 13.2 Å². The van der Waals surface area contributed by atoms with Gasteiger partial charge in [-0.3, -0.25) is 9.88 Å². The summed E-state index contributed by atoms with van der Waals surface area (Å²) in [7, 11) is 0. The van der Waals surface area contributed by atoms with Crippen molar-refractivity contribution in [1.29, 1.82) is 0 Å². The Bertz CT molecular complexity index is 599. The topological polar surface area (TPSA) is 36.4 Å². The average molecular weight is 286 g/mol. The van der Waals surface area contributed by atoms with E-state index in [0.29, 0.717) is 24.7 Å². The van der Waals surface area contributed by atoms with E-state index < -0.39 is 0 Å². The van der Waals surface area contributed by atoms with Gasteiger partial charge in [-0.05, 0) is 42.2 Å². The number of hydrogen-bond acceptors (Lipinski definition) is 3. The summed E-state index contributed by atoms with van der Waals surface area (Å²) < 4.78 is 14.3. The first kappa shape index (κ1) is 14.2. The Morgan fingerprint density at radius 3 is 2.52 bits per heavy atom. The van der Waals surface area contributed by atoms with Crippen LogP contribution >= 0.6 is 0 Å². The van der Waals surface area contributed by atoms with Gasteiger partial charge in [0.15, 0.2) is 0 Å². The second-order valence-electron chi connectivity index (χ2n) is 5.47. The third-order valence-electron chi connectivity index (χ3n) is 3.89. The van der Waals surface area contributed by atoms with E-state index >= 15 is 0 Å². The van der Waals surface area contributed by atoms with Crippen LogP contribution in [0.3, 0.4) is 0 Å². The number of hydrogen-bond donors (Lipinski definition) is 1. The molecule has 110 valence electrons. The van der Waals surface area contributed by atoms with Crippen LogP contribution < -0.4 is 0 Å². The second-order valence-corrected chi connectivity index (χ2v) is 5.47. The normalized spacial score (nSPS) is 14.6. The van der Waals surface area contributed by atoms with Gasteiger partial charge in [-0.15, -0.1) is 0 Å². The summed E-state index contributed by atoms with van der Waals surface area (Å²) in [5.41, 5.74) is 2.51. The Morgan fingerprint density at radius 1 is 1.14 bits per heavy atom.